The van der Waals surface area contributed by atoms with Crippen LogP contribution in [0.15, 0.2) is 24.3 Å². The molecule has 2 rings (SSSR count). The van der Waals surface area contributed by atoms with Crippen molar-refractivity contribution in [3.8, 4) is 0 Å². The van der Waals surface area contributed by atoms with Crippen LogP contribution in [-0.2, 0) is 4.74 Å². The fourth-order valence-corrected chi connectivity index (χ4v) is 2.19. The molecular weight excluding hydrogens is 200 g/mol. The number of nitrogens with two attached hydrogens (primary N) is 1. The molecule has 88 valence electrons. The van der Waals surface area contributed by atoms with E-state index in [1.54, 1.807) is 0 Å². The molecule has 1 aliphatic rings. The average Bonchev–Trinajstić information content (AvgIpc) is 2.31. The van der Waals surface area contributed by atoms with Crippen LogP contribution in [0.25, 0.3) is 0 Å². The molecule has 1 heterocycles. The number of nitrogens with zero attached hydrogens (tertiary/aromatic N) is 1. The van der Waals surface area contributed by atoms with Gasteiger partial charge in [-0.1, -0.05) is 12.1 Å². The summed E-state index contributed by atoms with van der Waals surface area (Å²) in [6.07, 6.45) is 4.01. The highest BCUT2D eigenvalue weighted by molar-refractivity contribution is 5.66. The predicted octanol–water partition coefficient (Wildman–Crippen LogP) is 2.27. The fraction of sp³-hybridized carbons (Fsp3) is 0.538. The van der Waals surface area contributed by atoms with Crippen LogP contribution in [0, 0.1) is 0 Å². The third-order valence-corrected chi connectivity index (χ3v) is 3.10. The Balaban J connectivity index is 1.96. The van der Waals surface area contributed by atoms with E-state index < -0.39 is 0 Å². The molecule has 1 saturated heterocycles. The van der Waals surface area contributed by atoms with Gasteiger partial charge in [-0.25, -0.2) is 0 Å². The Labute approximate surface area is 97.2 Å². The Kier molecular flexibility index (Phi) is 3.67. The van der Waals surface area contributed by atoms with Crippen molar-refractivity contribution in [2.75, 3.05) is 30.8 Å². The molecule has 0 spiro atoms. The lowest BCUT2D eigenvalue weighted by atomic mass is 10.1. The van der Waals surface area contributed by atoms with Gasteiger partial charge in [0.15, 0.2) is 0 Å². The molecule has 0 saturated carbocycles. The summed E-state index contributed by atoms with van der Waals surface area (Å²) in [6.45, 7) is 1.83. The highest BCUT2D eigenvalue weighted by Crippen LogP contribution is 2.23. The van der Waals surface area contributed by atoms with E-state index >= 15 is 0 Å². The van der Waals surface area contributed by atoms with Gasteiger partial charge in [0.1, 0.15) is 0 Å². The van der Waals surface area contributed by atoms with Gasteiger partial charge in [-0.3, -0.25) is 0 Å². The maximum atomic E-state index is 5.94. The normalized spacial score (nSPS) is 20.7. The lowest BCUT2D eigenvalue weighted by molar-refractivity contribution is 0.0216. The van der Waals surface area contributed by atoms with Gasteiger partial charge in [0.05, 0.1) is 17.5 Å². The number of ether oxygens (including phenoxy) is 1. The second-order valence-corrected chi connectivity index (χ2v) is 4.43. The first-order valence-electron chi connectivity index (χ1n) is 5.94. The molecule has 0 radical (unpaired) electrons. The lowest BCUT2D eigenvalue weighted by Crippen LogP contribution is -2.33. The van der Waals surface area contributed by atoms with E-state index in [1.165, 1.54) is 12.8 Å². The number of hydrogen-bond acceptors (Lipinski definition) is 3. The molecule has 0 aromatic heterocycles. The predicted molar refractivity (Wildman–Crippen MR) is 67.7 cm³/mol. The SMILES string of the molecule is CN(CC1CCCCO1)c1ccccc1N. The van der Waals surface area contributed by atoms with E-state index in [2.05, 4.69) is 18.0 Å². The quantitative estimate of drug-likeness (QED) is 0.794. The number of benzene rings is 1. The number of rotatable bonds is 3. The topological polar surface area (TPSA) is 38.5 Å². The fourth-order valence-electron chi connectivity index (χ4n) is 2.19. The van der Waals surface area contributed by atoms with Gasteiger partial charge in [0, 0.05) is 20.2 Å². The third-order valence-electron chi connectivity index (χ3n) is 3.10. The van der Waals surface area contributed by atoms with E-state index in [1.807, 2.05) is 18.2 Å². The standard InChI is InChI=1S/C13H20N2O/c1-15(10-11-6-4-5-9-16-11)13-8-3-2-7-12(13)14/h2-3,7-8,11H,4-6,9-10,14H2,1H3. The Hall–Kier alpha value is -1.22. The molecule has 16 heavy (non-hydrogen) atoms. The summed E-state index contributed by atoms with van der Waals surface area (Å²) >= 11 is 0. The number of hydrogen-bond donors (Lipinski definition) is 1. The van der Waals surface area contributed by atoms with Crippen molar-refractivity contribution in [1.82, 2.24) is 0 Å². The van der Waals surface area contributed by atoms with Crippen molar-refractivity contribution in [3.05, 3.63) is 24.3 Å². The molecular formula is C13H20N2O. The Morgan fingerprint density at radius 2 is 2.19 bits per heavy atom. The number of likely N-dealkylation sites (N-methyl/N-ethyl adjacent to an activating group) is 1. The second-order valence-electron chi connectivity index (χ2n) is 4.43. The zero-order valence-electron chi connectivity index (χ0n) is 9.86. The van der Waals surface area contributed by atoms with Crippen molar-refractivity contribution in [3.63, 3.8) is 0 Å². The van der Waals surface area contributed by atoms with Gasteiger partial charge in [-0.2, -0.15) is 0 Å². The summed E-state index contributed by atoms with van der Waals surface area (Å²) in [5.74, 6) is 0. The van der Waals surface area contributed by atoms with Crippen LogP contribution in [0.5, 0.6) is 0 Å². The van der Waals surface area contributed by atoms with Crippen LogP contribution in [0.4, 0.5) is 11.4 Å². The molecule has 1 fully saturated rings. The zero-order chi connectivity index (χ0) is 11.4. The van der Waals surface area contributed by atoms with Gasteiger partial charge in [0.2, 0.25) is 0 Å². The molecule has 3 heteroatoms. The largest absolute Gasteiger partial charge is 0.397 e. The van der Waals surface area contributed by atoms with Gasteiger partial charge in [-0.15, -0.1) is 0 Å². The van der Waals surface area contributed by atoms with Crippen LogP contribution >= 0.6 is 0 Å². The molecule has 0 bridgehead atoms. The van der Waals surface area contributed by atoms with Gasteiger partial charge >= 0.3 is 0 Å². The average molecular weight is 220 g/mol. The number of anilines is 2. The molecule has 1 aromatic carbocycles. The minimum atomic E-state index is 0.360. The van der Waals surface area contributed by atoms with Crippen LogP contribution in [-0.4, -0.2) is 26.3 Å². The van der Waals surface area contributed by atoms with Crippen molar-refractivity contribution >= 4 is 11.4 Å². The maximum absolute atomic E-state index is 5.94. The second kappa shape index (κ2) is 5.21. The van der Waals surface area contributed by atoms with E-state index in [0.29, 0.717) is 6.10 Å². The summed E-state index contributed by atoms with van der Waals surface area (Å²) in [5, 5.41) is 0. The van der Waals surface area contributed by atoms with Crippen molar-refractivity contribution < 1.29 is 4.74 Å². The third kappa shape index (κ3) is 2.67. The minimum Gasteiger partial charge on any atom is -0.397 e. The number of para-hydroxylation sites is 2. The summed E-state index contributed by atoms with van der Waals surface area (Å²) in [7, 11) is 2.07. The van der Waals surface area contributed by atoms with E-state index in [0.717, 1.165) is 30.9 Å². The maximum Gasteiger partial charge on any atom is 0.0749 e. The van der Waals surface area contributed by atoms with E-state index in [9.17, 15) is 0 Å². The van der Waals surface area contributed by atoms with Crippen molar-refractivity contribution in [2.45, 2.75) is 25.4 Å². The Morgan fingerprint density at radius 3 is 2.88 bits per heavy atom. The molecule has 1 aliphatic heterocycles. The summed E-state index contributed by atoms with van der Waals surface area (Å²) in [4.78, 5) is 2.19. The van der Waals surface area contributed by atoms with E-state index in [4.69, 9.17) is 10.5 Å². The monoisotopic (exact) mass is 220 g/mol. The van der Waals surface area contributed by atoms with Crippen LogP contribution in [0.1, 0.15) is 19.3 Å². The summed E-state index contributed by atoms with van der Waals surface area (Å²) < 4.78 is 5.73. The zero-order valence-corrected chi connectivity index (χ0v) is 9.86. The van der Waals surface area contributed by atoms with E-state index in [-0.39, 0.29) is 0 Å². The van der Waals surface area contributed by atoms with Gasteiger partial charge in [-0.05, 0) is 31.4 Å². The first-order chi connectivity index (χ1) is 7.77. The molecule has 0 amide bonds. The Morgan fingerprint density at radius 1 is 1.38 bits per heavy atom. The van der Waals surface area contributed by atoms with Crippen LogP contribution in [0.3, 0.4) is 0 Å². The Bertz CT molecular complexity index is 334. The minimum absolute atomic E-state index is 0.360. The highest BCUT2D eigenvalue weighted by Gasteiger charge is 2.16. The van der Waals surface area contributed by atoms with Crippen molar-refractivity contribution in [2.24, 2.45) is 0 Å². The van der Waals surface area contributed by atoms with Crippen molar-refractivity contribution in [1.29, 1.82) is 0 Å². The highest BCUT2D eigenvalue weighted by atomic mass is 16.5. The lowest BCUT2D eigenvalue weighted by Gasteiger charge is -2.29. The first kappa shape index (κ1) is 11.3. The molecule has 1 atom stereocenters. The summed E-state index contributed by atoms with van der Waals surface area (Å²) in [5.41, 5.74) is 7.87. The van der Waals surface area contributed by atoms with Gasteiger partial charge < -0.3 is 15.4 Å². The molecule has 1 aromatic rings. The smallest absolute Gasteiger partial charge is 0.0749 e. The number of nitrogen functional groups attached to an aromatic ring is 1. The molecule has 3 nitrogen and oxygen atoms in total. The van der Waals surface area contributed by atoms with Gasteiger partial charge in [0.25, 0.3) is 0 Å². The molecule has 1 unspecified atom stereocenters. The summed E-state index contributed by atoms with van der Waals surface area (Å²) in [6, 6.07) is 7.97. The molecule has 0 aliphatic carbocycles. The van der Waals surface area contributed by atoms with Crippen LogP contribution in [0.2, 0.25) is 0 Å². The van der Waals surface area contributed by atoms with Crippen LogP contribution < -0.4 is 10.6 Å². The first-order valence-corrected chi connectivity index (χ1v) is 5.94. The molecule has 2 N–H and O–H groups in total.